The highest BCUT2D eigenvalue weighted by molar-refractivity contribution is 7.99. The molecule has 0 fully saturated rings. The Morgan fingerprint density at radius 2 is 1.78 bits per heavy atom. The van der Waals surface area contributed by atoms with Crippen molar-refractivity contribution in [1.82, 2.24) is 5.32 Å². The first-order chi connectivity index (χ1) is 11.1. The number of carbonyl (C=O) groups excluding carboxylic acids is 1. The number of ether oxygens (including phenoxy) is 1. The molecule has 1 amide bonds. The molecule has 23 heavy (non-hydrogen) atoms. The third-order valence-corrected chi connectivity index (χ3v) is 3.96. The highest BCUT2D eigenvalue weighted by Gasteiger charge is 2.06. The van der Waals surface area contributed by atoms with Crippen LogP contribution in [0.3, 0.4) is 0 Å². The summed E-state index contributed by atoms with van der Waals surface area (Å²) in [5.41, 5.74) is 0.750. The lowest BCUT2D eigenvalue weighted by Gasteiger charge is -2.07. The van der Waals surface area contributed by atoms with E-state index in [2.05, 4.69) is 10.1 Å². The molecule has 0 atom stereocenters. The highest BCUT2D eigenvalue weighted by atomic mass is 32.2. The van der Waals surface area contributed by atoms with Gasteiger partial charge < -0.3 is 10.1 Å². The van der Waals surface area contributed by atoms with Gasteiger partial charge in [-0.1, -0.05) is 30.3 Å². The van der Waals surface area contributed by atoms with Gasteiger partial charge in [0.15, 0.2) is 0 Å². The predicted octanol–water partition coefficient (Wildman–Crippen LogP) is 3.74. The molecule has 2 aromatic rings. The molecule has 0 spiro atoms. The van der Waals surface area contributed by atoms with Crippen LogP contribution < -0.4 is 10.1 Å². The Kier molecular flexibility index (Phi) is 6.87. The van der Waals surface area contributed by atoms with Crippen LogP contribution in [0.1, 0.15) is 5.56 Å². The molecule has 0 unspecified atom stereocenters. The minimum atomic E-state index is -2.84. The second kappa shape index (κ2) is 9.15. The fourth-order valence-electron chi connectivity index (χ4n) is 1.91. The molecule has 0 aliphatic heterocycles. The van der Waals surface area contributed by atoms with Gasteiger partial charge in [-0.25, -0.2) is 0 Å². The summed E-state index contributed by atoms with van der Waals surface area (Å²) in [4.78, 5) is 13.0. The first-order valence-electron chi connectivity index (χ1n) is 7.12. The van der Waals surface area contributed by atoms with Gasteiger partial charge in [0, 0.05) is 17.2 Å². The third-order valence-electron chi connectivity index (χ3n) is 2.95. The number of nitrogens with one attached hydrogen (secondary N) is 1. The molecule has 0 saturated carbocycles. The van der Waals surface area contributed by atoms with Crippen molar-refractivity contribution in [2.45, 2.75) is 17.9 Å². The second-order valence-electron chi connectivity index (χ2n) is 4.71. The van der Waals surface area contributed by atoms with Crippen molar-refractivity contribution in [3.8, 4) is 5.75 Å². The zero-order valence-electron chi connectivity index (χ0n) is 12.4. The minimum Gasteiger partial charge on any atom is -0.435 e. The summed E-state index contributed by atoms with van der Waals surface area (Å²) in [6.45, 7) is -2.27. The lowest BCUT2D eigenvalue weighted by Crippen LogP contribution is -2.27. The molecule has 0 aliphatic rings. The van der Waals surface area contributed by atoms with Crippen molar-refractivity contribution in [2.24, 2.45) is 0 Å². The van der Waals surface area contributed by atoms with Crippen LogP contribution in [-0.4, -0.2) is 24.8 Å². The molecule has 3 nitrogen and oxygen atoms in total. The summed E-state index contributed by atoms with van der Waals surface area (Å²) in [6, 6.07) is 16.0. The largest absolute Gasteiger partial charge is 0.435 e. The monoisotopic (exact) mass is 337 g/mol. The van der Waals surface area contributed by atoms with Gasteiger partial charge in [0.25, 0.3) is 0 Å². The Balaban J connectivity index is 1.68. The van der Waals surface area contributed by atoms with E-state index in [9.17, 15) is 13.6 Å². The van der Waals surface area contributed by atoms with Crippen LogP contribution >= 0.6 is 11.8 Å². The van der Waals surface area contributed by atoms with Crippen LogP contribution in [0.5, 0.6) is 5.75 Å². The zero-order valence-corrected chi connectivity index (χ0v) is 13.2. The fourth-order valence-corrected chi connectivity index (χ4v) is 2.70. The van der Waals surface area contributed by atoms with Crippen LogP contribution in [0, 0.1) is 0 Å². The lowest BCUT2D eigenvalue weighted by molar-refractivity contribution is -0.120. The smallest absolute Gasteiger partial charge is 0.387 e. The second-order valence-corrected chi connectivity index (χ2v) is 5.88. The maximum atomic E-state index is 12.0. The third kappa shape index (κ3) is 6.69. The van der Waals surface area contributed by atoms with Crippen molar-refractivity contribution >= 4 is 17.7 Å². The molecule has 122 valence electrons. The Bertz CT molecular complexity index is 606. The van der Waals surface area contributed by atoms with Gasteiger partial charge in [0.2, 0.25) is 5.91 Å². The molecule has 0 heterocycles. The Morgan fingerprint density at radius 1 is 1.09 bits per heavy atom. The van der Waals surface area contributed by atoms with E-state index in [4.69, 9.17) is 0 Å². The van der Waals surface area contributed by atoms with E-state index in [1.54, 1.807) is 23.9 Å². The number of thioether (sulfide) groups is 1. The van der Waals surface area contributed by atoms with E-state index in [1.807, 2.05) is 30.3 Å². The van der Waals surface area contributed by atoms with Crippen LogP contribution in [-0.2, 0) is 11.2 Å². The number of alkyl halides is 2. The molecule has 0 radical (unpaired) electrons. The highest BCUT2D eigenvalue weighted by Crippen LogP contribution is 2.16. The van der Waals surface area contributed by atoms with E-state index in [1.165, 1.54) is 12.1 Å². The van der Waals surface area contributed by atoms with Gasteiger partial charge in [-0.05, 0) is 29.8 Å². The van der Waals surface area contributed by atoms with Crippen molar-refractivity contribution < 1.29 is 18.3 Å². The summed E-state index contributed by atoms with van der Waals surface area (Å²) in [6.07, 6.45) is 0.213. The van der Waals surface area contributed by atoms with Crippen LogP contribution in [0.2, 0.25) is 0 Å². The molecular weight excluding hydrogens is 320 g/mol. The number of hydrogen-bond acceptors (Lipinski definition) is 3. The standard InChI is InChI=1S/C17H17F2NO2S/c18-17(19)22-14-8-6-13(7-9-14)12-16(21)20-10-11-23-15-4-2-1-3-5-15/h1-9,17H,10-12H2,(H,20,21). The summed E-state index contributed by atoms with van der Waals surface area (Å²) >= 11 is 1.67. The van der Waals surface area contributed by atoms with Gasteiger partial charge in [-0.2, -0.15) is 8.78 Å². The topological polar surface area (TPSA) is 38.3 Å². The van der Waals surface area contributed by atoms with E-state index in [0.29, 0.717) is 6.54 Å². The number of carbonyl (C=O) groups is 1. The first-order valence-corrected chi connectivity index (χ1v) is 8.10. The quantitative estimate of drug-likeness (QED) is 0.589. The van der Waals surface area contributed by atoms with Crippen LogP contribution in [0.4, 0.5) is 8.78 Å². The maximum absolute atomic E-state index is 12.0. The maximum Gasteiger partial charge on any atom is 0.387 e. The number of rotatable bonds is 8. The summed E-state index contributed by atoms with van der Waals surface area (Å²) in [5, 5.41) is 2.84. The van der Waals surface area contributed by atoms with E-state index >= 15 is 0 Å². The lowest BCUT2D eigenvalue weighted by atomic mass is 10.1. The van der Waals surface area contributed by atoms with Crippen LogP contribution in [0.25, 0.3) is 0 Å². The van der Waals surface area contributed by atoms with Gasteiger partial charge in [0.1, 0.15) is 5.75 Å². The number of benzene rings is 2. The summed E-state index contributed by atoms with van der Waals surface area (Å²) < 4.78 is 28.3. The molecule has 6 heteroatoms. The first kappa shape index (κ1) is 17.3. The molecule has 0 aliphatic carbocycles. The van der Waals surface area contributed by atoms with Gasteiger partial charge in [0.05, 0.1) is 6.42 Å². The predicted molar refractivity (Wildman–Crippen MR) is 87.0 cm³/mol. The summed E-state index contributed by atoms with van der Waals surface area (Å²) in [5.74, 6) is 0.779. The van der Waals surface area contributed by atoms with E-state index in [0.717, 1.165) is 16.2 Å². The normalized spacial score (nSPS) is 10.6. The Hall–Kier alpha value is -2.08. The molecular formula is C17H17F2NO2S. The van der Waals surface area contributed by atoms with Crippen molar-refractivity contribution in [1.29, 1.82) is 0 Å². The number of hydrogen-bond donors (Lipinski definition) is 1. The van der Waals surface area contributed by atoms with Gasteiger partial charge in [-0.15, -0.1) is 11.8 Å². The van der Waals surface area contributed by atoms with E-state index in [-0.39, 0.29) is 18.1 Å². The minimum absolute atomic E-state index is 0.0865. The fraction of sp³-hybridized carbons (Fsp3) is 0.235. The van der Waals surface area contributed by atoms with Crippen molar-refractivity contribution in [3.63, 3.8) is 0 Å². The van der Waals surface area contributed by atoms with Gasteiger partial charge >= 0.3 is 6.61 Å². The Morgan fingerprint density at radius 3 is 2.43 bits per heavy atom. The number of halogens is 2. The molecule has 2 aromatic carbocycles. The van der Waals surface area contributed by atoms with Crippen molar-refractivity contribution in [3.05, 3.63) is 60.2 Å². The molecule has 1 N–H and O–H groups in total. The summed E-state index contributed by atoms with van der Waals surface area (Å²) in [7, 11) is 0. The van der Waals surface area contributed by atoms with E-state index < -0.39 is 6.61 Å². The number of amides is 1. The molecule has 0 aromatic heterocycles. The van der Waals surface area contributed by atoms with Gasteiger partial charge in [-0.3, -0.25) is 4.79 Å². The SMILES string of the molecule is O=C(Cc1ccc(OC(F)F)cc1)NCCSc1ccccc1. The average molecular weight is 337 g/mol. The molecule has 0 bridgehead atoms. The Labute approximate surface area is 138 Å². The molecule has 2 rings (SSSR count). The van der Waals surface area contributed by atoms with Crippen LogP contribution in [0.15, 0.2) is 59.5 Å². The average Bonchev–Trinajstić information content (AvgIpc) is 2.54. The van der Waals surface area contributed by atoms with Crippen molar-refractivity contribution in [2.75, 3.05) is 12.3 Å². The zero-order chi connectivity index (χ0) is 16.5. The molecule has 0 saturated heterocycles.